The van der Waals surface area contributed by atoms with Gasteiger partial charge in [-0.1, -0.05) is 0 Å². The SMILES string of the molecule is CC(C)N1CC[N]CC1=O. The highest BCUT2D eigenvalue weighted by Crippen LogP contribution is 2.00. The van der Waals surface area contributed by atoms with E-state index in [-0.39, 0.29) is 5.91 Å². The van der Waals surface area contributed by atoms with E-state index >= 15 is 0 Å². The van der Waals surface area contributed by atoms with Crippen LogP contribution in [0.3, 0.4) is 0 Å². The molecule has 3 nitrogen and oxygen atoms in total. The molecular weight excluding hydrogens is 128 g/mol. The van der Waals surface area contributed by atoms with Crippen molar-refractivity contribution in [2.24, 2.45) is 0 Å². The molecule has 3 heteroatoms. The van der Waals surface area contributed by atoms with E-state index in [1.165, 1.54) is 0 Å². The van der Waals surface area contributed by atoms with E-state index in [2.05, 4.69) is 5.32 Å². The summed E-state index contributed by atoms with van der Waals surface area (Å²) in [4.78, 5) is 12.9. The molecule has 1 amide bonds. The predicted octanol–water partition coefficient (Wildman–Crippen LogP) is -0.159. The van der Waals surface area contributed by atoms with E-state index in [1.54, 1.807) is 0 Å². The van der Waals surface area contributed by atoms with E-state index in [1.807, 2.05) is 18.7 Å². The summed E-state index contributed by atoms with van der Waals surface area (Å²) >= 11 is 0. The molecule has 1 fully saturated rings. The highest BCUT2D eigenvalue weighted by molar-refractivity contribution is 5.79. The second kappa shape index (κ2) is 3.01. The van der Waals surface area contributed by atoms with Crippen molar-refractivity contribution in [3.05, 3.63) is 0 Å². The van der Waals surface area contributed by atoms with Gasteiger partial charge < -0.3 is 4.90 Å². The quantitative estimate of drug-likeness (QED) is 0.499. The first-order chi connectivity index (χ1) is 4.72. The van der Waals surface area contributed by atoms with Crippen LogP contribution in [0.5, 0.6) is 0 Å². The van der Waals surface area contributed by atoms with Gasteiger partial charge in [0.05, 0.1) is 6.54 Å². The van der Waals surface area contributed by atoms with Gasteiger partial charge in [0, 0.05) is 19.1 Å². The molecule has 0 aliphatic carbocycles. The molecule has 1 radical (unpaired) electrons. The van der Waals surface area contributed by atoms with Crippen molar-refractivity contribution >= 4 is 5.91 Å². The van der Waals surface area contributed by atoms with Crippen molar-refractivity contribution in [3.63, 3.8) is 0 Å². The van der Waals surface area contributed by atoms with Crippen LogP contribution in [0.25, 0.3) is 0 Å². The van der Waals surface area contributed by atoms with Gasteiger partial charge in [-0.2, -0.15) is 0 Å². The van der Waals surface area contributed by atoms with E-state index in [4.69, 9.17) is 0 Å². The lowest BCUT2D eigenvalue weighted by atomic mass is 10.2. The van der Waals surface area contributed by atoms with E-state index in [9.17, 15) is 4.79 Å². The molecule has 10 heavy (non-hydrogen) atoms. The molecule has 1 rings (SSSR count). The van der Waals surface area contributed by atoms with Gasteiger partial charge in [-0.25, -0.2) is 5.32 Å². The molecule has 0 unspecified atom stereocenters. The van der Waals surface area contributed by atoms with Crippen molar-refractivity contribution in [2.45, 2.75) is 19.9 Å². The lowest BCUT2D eigenvalue weighted by Gasteiger charge is -2.29. The lowest BCUT2D eigenvalue weighted by molar-refractivity contribution is -0.133. The number of amides is 1. The summed E-state index contributed by atoms with van der Waals surface area (Å²) in [5, 5.41) is 4.00. The second-order valence-corrected chi connectivity index (χ2v) is 2.79. The fourth-order valence-electron chi connectivity index (χ4n) is 1.11. The van der Waals surface area contributed by atoms with Crippen LogP contribution in [0.15, 0.2) is 0 Å². The topological polar surface area (TPSA) is 34.4 Å². The van der Waals surface area contributed by atoms with Gasteiger partial charge in [0.15, 0.2) is 0 Å². The molecule has 0 atom stereocenters. The summed E-state index contributed by atoms with van der Waals surface area (Å²) in [6.45, 7) is 6.06. The van der Waals surface area contributed by atoms with Gasteiger partial charge in [0.2, 0.25) is 5.91 Å². The van der Waals surface area contributed by atoms with Crippen LogP contribution in [-0.2, 0) is 4.79 Å². The molecule has 0 aromatic carbocycles. The molecule has 1 heterocycles. The Bertz CT molecular complexity index is 134. The first kappa shape index (κ1) is 7.54. The Morgan fingerprint density at radius 2 is 2.30 bits per heavy atom. The third kappa shape index (κ3) is 1.48. The fourth-order valence-corrected chi connectivity index (χ4v) is 1.11. The summed E-state index contributed by atoms with van der Waals surface area (Å²) in [5.41, 5.74) is 0. The number of piperazine rings is 1. The fraction of sp³-hybridized carbons (Fsp3) is 0.857. The van der Waals surface area contributed by atoms with Gasteiger partial charge in [0.25, 0.3) is 0 Å². The van der Waals surface area contributed by atoms with Crippen molar-refractivity contribution in [3.8, 4) is 0 Å². The Balaban J connectivity index is 2.48. The largest absolute Gasteiger partial charge is 0.338 e. The van der Waals surface area contributed by atoms with Crippen LogP contribution in [0.4, 0.5) is 0 Å². The van der Waals surface area contributed by atoms with Crippen LogP contribution < -0.4 is 5.32 Å². The molecular formula is C7H13N2O. The maximum absolute atomic E-state index is 11.1. The van der Waals surface area contributed by atoms with Gasteiger partial charge in [-0.15, -0.1) is 0 Å². The Morgan fingerprint density at radius 1 is 1.60 bits per heavy atom. The van der Waals surface area contributed by atoms with E-state index in [0.29, 0.717) is 12.6 Å². The monoisotopic (exact) mass is 141 g/mol. The number of hydrogen-bond acceptors (Lipinski definition) is 1. The first-order valence-corrected chi connectivity index (χ1v) is 3.64. The van der Waals surface area contributed by atoms with Gasteiger partial charge >= 0.3 is 0 Å². The number of nitrogens with zero attached hydrogens (tertiary/aromatic N) is 2. The average molecular weight is 141 g/mol. The summed E-state index contributed by atoms with van der Waals surface area (Å²) < 4.78 is 0. The molecule has 57 valence electrons. The average Bonchev–Trinajstić information content (AvgIpc) is 1.88. The Labute approximate surface area is 61.4 Å². The third-order valence-electron chi connectivity index (χ3n) is 1.69. The normalized spacial score (nSPS) is 20.3. The highest BCUT2D eigenvalue weighted by Gasteiger charge is 2.19. The Kier molecular flexibility index (Phi) is 2.27. The van der Waals surface area contributed by atoms with Crippen molar-refractivity contribution in [1.82, 2.24) is 10.2 Å². The molecule has 0 spiro atoms. The molecule has 0 aromatic rings. The zero-order valence-electron chi connectivity index (χ0n) is 6.50. The lowest BCUT2D eigenvalue weighted by Crippen LogP contribution is -2.48. The predicted molar refractivity (Wildman–Crippen MR) is 38.7 cm³/mol. The van der Waals surface area contributed by atoms with Gasteiger partial charge in [-0.3, -0.25) is 4.79 Å². The number of hydrogen-bond donors (Lipinski definition) is 0. The first-order valence-electron chi connectivity index (χ1n) is 3.64. The zero-order chi connectivity index (χ0) is 7.56. The minimum atomic E-state index is 0.168. The van der Waals surface area contributed by atoms with Crippen LogP contribution in [0.1, 0.15) is 13.8 Å². The highest BCUT2D eigenvalue weighted by atomic mass is 16.2. The molecule has 1 aliphatic rings. The number of carbonyl (C=O) groups excluding carboxylic acids is 1. The van der Waals surface area contributed by atoms with E-state index in [0.717, 1.165) is 13.1 Å². The molecule has 1 saturated heterocycles. The zero-order valence-corrected chi connectivity index (χ0v) is 6.50. The number of carbonyl (C=O) groups is 1. The van der Waals surface area contributed by atoms with Crippen molar-refractivity contribution < 1.29 is 4.79 Å². The Morgan fingerprint density at radius 3 is 2.70 bits per heavy atom. The maximum atomic E-state index is 11.1. The third-order valence-corrected chi connectivity index (χ3v) is 1.69. The molecule has 1 aliphatic heterocycles. The van der Waals surface area contributed by atoms with Crippen LogP contribution in [0.2, 0.25) is 0 Å². The summed E-state index contributed by atoms with van der Waals surface area (Å²) in [6, 6.07) is 0.336. The minimum absolute atomic E-state index is 0.168. The number of rotatable bonds is 1. The van der Waals surface area contributed by atoms with Gasteiger partial charge in [-0.05, 0) is 13.8 Å². The van der Waals surface area contributed by atoms with Crippen LogP contribution in [0, 0.1) is 0 Å². The molecule has 0 N–H and O–H groups in total. The molecule has 0 aromatic heterocycles. The summed E-state index contributed by atoms with van der Waals surface area (Å²) in [7, 11) is 0. The molecule has 0 bridgehead atoms. The summed E-state index contributed by atoms with van der Waals surface area (Å²) in [6.07, 6.45) is 0. The van der Waals surface area contributed by atoms with Crippen molar-refractivity contribution in [2.75, 3.05) is 19.6 Å². The summed E-state index contributed by atoms with van der Waals surface area (Å²) in [5.74, 6) is 0.168. The van der Waals surface area contributed by atoms with Crippen LogP contribution >= 0.6 is 0 Å². The van der Waals surface area contributed by atoms with E-state index < -0.39 is 0 Å². The van der Waals surface area contributed by atoms with Crippen molar-refractivity contribution in [1.29, 1.82) is 0 Å². The smallest absolute Gasteiger partial charge is 0.238 e. The van der Waals surface area contributed by atoms with Crippen LogP contribution in [-0.4, -0.2) is 36.5 Å². The Hall–Kier alpha value is -0.570. The molecule has 0 saturated carbocycles. The standard InChI is InChI=1S/C7H13N2O/c1-6(2)9-4-3-8-5-7(9)10/h6H,3-5H2,1-2H3. The van der Waals surface area contributed by atoms with Gasteiger partial charge in [0.1, 0.15) is 0 Å². The minimum Gasteiger partial charge on any atom is -0.338 e. The maximum Gasteiger partial charge on any atom is 0.238 e. The second-order valence-electron chi connectivity index (χ2n) is 2.79.